The van der Waals surface area contributed by atoms with Crippen molar-refractivity contribution in [1.82, 2.24) is 9.55 Å². The molecule has 3 aromatic rings. The zero-order valence-electron chi connectivity index (χ0n) is 16.3. The van der Waals surface area contributed by atoms with E-state index >= 15 is 0 Å². The fourth-order valence-corrected chi connectivity index (χ4v) is 2.68. The van der Waals surface area contributed by atoms with Crippen LogP contribution in [-0.2, 0) is 4.74 Å². The van der Waals surface area contributed by atoms with E-state index in [1.54, 1.807) is 37.3 Å². The topological polar surface area (TPSA) is 123 Å². The van der Waals surface area contributed by atoms with Crippen LogP contribution in [0, 0.1) is 0 Å². The number of carbonyl (C=O) groups is 1. The Balaban J connectivity index is 1.97. The molecule has 30 heavy (non-hydrogen) atoms. The Labute approximate surface area is 170 Å². The third-order valence-corrected chi connectivity index (χ3v) is 4.15. The summed E-state index contributed by atoms with van der Waals surface area (Å²) in [4.78, 5) is 42.5. The normalized spacial score (nSPS) is 10.9. The highest BCUT2D eigenvalue weighted by atomic mass is 16.5. The van der Waals surface area contributed by atoms with Crippen molar-refractivity contribution >= 4 is 17.9 Å². The van der Waals surface area contributed by atoms with Crippen LogP contribution >= 0.6 is 0 Å². The number of aromatic amines is 1. The number of esters is 1. The maximum Gasteiger partial charge on any atom is 0.338 e. The predicted octanol–water partition coefficient (Wildman–Crippen LogP) is 2.17. The van der Waals surface area contributed by atoms with Crippen LogP contribution < -0.4 is 16.0 Å². The first-order chi connectivity index (χ1) is 14.4. The number of rotatable bonds is 6. The number of benzene rings is 2. The van der Waals surface area contributed by atoms with Crippen molar-refractivity contribution in [1.29, 1.82) is 0 Å². The molecule has 1 aromatic heterocycles. The second-order valence-electron chi connectivity index (χ2n) is 6.06. The molecule has 2 aromatic carbocycles. The van der Waals surface area contributed by atoms with Gasteiger partial charge < -0.3 is 14.6 Å². The number of aromatic hydroxyl groups is 1. The molecule has 3 rings (SSSR count). The molecule has 0 aliphatic rings. The highest BCUT2D eigenvalue weighted by Crippen LogP contribution is 2.20. The van der Waals surface area contributed by atoms with E-state index in [9.17, 15) is 19.5 Å². The van der Waals surface area contributed by atoms with Gasteiger partial charge in [0, 0.05) is 12.3 Å². The summed E-state index contributed by atoms with van der Waals surface area (Å²) in [5.74, 6) is -0.543. The van der Waals surface area contributed by atoms with Gasteiger partial charge in [-0.05, 0) is 43.3 Å². The van der Waals surface area contributed by atoms with Gasteiger partial charge in [-0.15, -0.1) is 0 Å². The molecule has 0 aliphatic carbocycles. The van der Waals surface area contributed by atoms with E-state index in [2.05, 4.69) is 9.98 Å². The van der Waals surface area contributed by atoms with Crippen LogP contribution in [0.25, 0.3) is 5.69 Å². The molecule has 0 radical (unpaired) electrons. The Hall–Kier alpha value is -4.14. The van der Waals surface area contributed by atoms with Gasteiger partial charge in [0.05, 0.1) is 30.7 Å². The smallest absolute Gasteiger partial charge is 0.338 e. The van der Waals surface area contributed by atoms with Gasteiger partial charge in [-0.3, -0.25) is 14.8 Å². The number of hydrogen-bond donors (Lipinski definition) is 2. The van der Waals surface area contributed by atoms with Crippen molar-refractivity contribution in [3.8, 4) is 17.3 Å². The van der Waals surface area contributed by atoms with E-state index in [0.717, 1.165) is 10.8 Å². The number of carbonyl (C=O) groups excluding carboxylic acids is 1. The number of methoxy groups -OCH3 is 1. The molecular weight excluding hydrogens is 390 g/mol. The van der Waals surface area contributed by atoms with Gasteiger partial charge in [0.1, 0.15) is 11.3 Å². The molecule has 0 spiro atoms. The van der Waals surface area contributed by atoms with Crippen LogP contribution in [0.4, 0.5) is 5.69 Å². The largest absolute Gasteiger partial charge is 0.497 e. The first-order valence-electron chi connectivity index (χ1n) is 8.98. The summed E-state index contributed by atoms with van der Waals surface area (Å²) < 4.78 is 11.0. The van der Waals surface area contributed by atoms with Crippen molar-refractivity contribution in [2.45, 2.75) is 6.92 Å². The lowest BCUT2D eigenvalue weighted by atomic mass is 10.2. The molecule has 1 heterocycles. The third-order valence-electron chi connectivity index (χ3n) is 4.15. The Morgan fingerprint density at radius 2 is 1.93 bits per heavy atom. The summed E-state index contributed by atoms with van der Waals surface area (Å²) >= 11 is 0. The standard InChI is InChI=1S/C21H19N3O6/c1-3-30-20(27)13-7-9-14(10-8-13)22-12-17-18(25)23-21(28)24(19(17)26)15-5-4-6-16(11-15)29-2/h4-12,26H,3H2,1-2H3,(H,23,25,28). The van der Waals surface area contributed by atoms with E-state index in [0.29, 0.717) is 22.7 Å². The number of aromatic nitrogens is 2. The second-order valence-corrected chi connectivity index (χ2v) is 6.06. The molecule has 154 valence electrons. The minimum Gasteiger partial charge on any atom is -0.497 e. The summed E-state index contributed by atoms with van der Waals surface area (Å²) in [6.07, 6.45) is 1.14. The average molecular weight is 409 g/mol. The van der Waals surface area contributed by atoms with E-state index in [4.69, 9.17) is 9.47 Å². The second kappa shape index (κ2) is 8.91. The molecule has 0 fully saturated rings. The maximum absolute atomic E-state index is 12.3. The fraction of sp³-hybridized carbons (Fsp3) is 0.143. The number of nitrogens with zero attached hydrogens (tertiary/aromatic N) is 2. The number of nitrogens with one attached hydrogen (secondary N) is 1. The average Bonchev–Trinajstić information content (AvgIpc) is 2.74. The molecule has 0 saturated carbocycles. The van der Waals surface area contributed by atoms with Crippen LogP contribution in [0.2, 0.25) is 0 Å². The van der Waals surface area contributed by atoms with Crippen LogP contribution in [0.5, 0.6) is 11.6 Å². The molecule has 0 unspecified atom stereocenters. The molecule has 0 atom stereocenters. The summed E-state index contributed by atoms with van der Waals surface area (Å²) in [6, 6.07) is 12.6. The number of ether oxygens (including phenoxy) is 2. The Morgan fingerprint density at radius 3 is 2.60 bits per heavy atom. The first-order valence-corrected chi connectivity index (χ1v) is 8.98. The molecule has 9 nitrogen and oxygen atoms in total. The van der Waals surface area contributed by atoms with Gasteiger partial charge in [-0.2, -0.15) is 0 Å². The molecule has 0 amide bonds. The molecule has 9 heteroatoms. The van der Waals surface area contributed by atoms with Gasteiger partial charge in [-0.1, -0.05) is 6.07 Å². The van der Waals surface area contributed by atoms with E-state index in [1.807, 2.05) is 0 Å². The summed E-state index contributed by atoms with van der Waals surface area (Å²) in [6.45, 7) is 1.98. The lowest BCUT2D eigenvalue weighted by Gasteiger charge is -2.10. The fourth-order valence-electron chi connectivity index (χ4n) is 2.68. The quantitative estimate of drug-likeness (QED) is 0.475. The van der Waals surface area contributed by atoms with Gasteiger partial charge in [0.25, 0.3) is 5.56 Å². The Kier molecular flexibility index (Phi) is 6.11. The van der Waals surface area contributed by atoms with Crippen molar-refractivity contribution in [2.75, 3.05) is 13.7 Å². The Morgan fingerprint density at radius 1 is 1.20 bits per heavy atom. The van der Waals surface area contributed by atoms with Crippen molar-refractivity contribution in [2.24, 2.45) is 4.99 Å². The number of H-pyrrole nitrogens is 1. The van der Waals surface area contributed by atoms with Crippen molar-refractivity contribution < 1.29 is 19.4 Å². The molecular formula is C21H19N3O6. The summed E-state index contributed by atoms with van der Waals surface area (Å²) in [5.41, 5.74) is -0.692. The maximum atomic E-state index is 12.3. The van der Waals surface area contributed by atoms with Gasteiger partial charge in [-0.25, -0.2) is 14.2 Å². The lowest BCUT2D eigenvalue weighted by molar-refractivity contribution is 0.0526. The molecule has 0 bridgehead atoms. The first kappa shape index (κ1) is 20.6. The zero-order valence-corrected chi connectivity index (χ0v) is 16.3. The van der Waals surface area contributed by atoms with Gasteiger partial charge >= 0.3 is 11.7 Å². The third kappa shape index (κ3) is 4.30. The molecule has 2 N–H and O–H groups in total. The minimum atomic E-state index is -0.804. The summed E-state index contributed by atoms with van der Waals surface area (Å²) in [5, 5.41) is 10.6. The van der Waals surface area contributed by atoms with Crippen LogP contribution in [0.1, 0.15) is 22.8 Å². The van der Waals surface area contributed by atoms with Crippen molar-refractivity contribution in [3.63, 3.8) is 0 Å². The van der Waals surface area contributed by atoms with Crippen LogP contribution in [0.15, 0.2) is 63.1 Å². The van der Waals surface area contributed by atoms with Gasteiger partial charge in [0.2, 0.25) is 5.88 Å². The van der Waals surface area contributed by atoms with Crippen molar-refractivity contribution in [3.05, 3.63) is 80.5 Å². The van der Waals surface area contributed by atoms with E-state index in [1.165, 1.54) is 25.3 Å². The lowest BCUT2D eigenvalue weighted by Crippen LogP contribution is -2.31. The van der Waals surface area contributed by atoms with E-state index in [-0.39, 0.29) is 12.2 Å². The number of hydrogen-bond acceptors (Lipinski definition) is 7. The van der Waals surface area contributed by atoms with E-state index < -0.39 is 23.1 Å². The Bertz CT molecular complexity index is 1210. The summed E-state index contributed by atoms with van der Waals surface area (Å²) in [7, 11) is 1.47. The van der Waals surface area contributed by atoms with Crippen LogP contribution in [0.3, 0.4) is 0 Å². The van der Waals surface area contributed by atoms with Crippen LogP contribution in [-0.4, -0.2) is 40.6 Å². The zero-order chi connectivity index (χ0) is 21.7. The van der Waals surface area contributed by atoms with Gasteiger partial charge in [0.15, 0.2) is 0 Å². The molecule has 0 aliphatic heterocycles. The minimum absolute atomic E-state index is 0.202. The SMILES string of the molecule is CCOC(=O)c1ccc(N=Cc2c(O)n(-c3cccc(OC)c3)c(=O)[nH]c2=O)cc1. The molecule has 0 saturated heterocycles. The highest BCUT2D eigenvalue weighted by Gasteiger charge is 2.15. The monoisotopic (exact) mass is 409 g/mol. The predicted molar refractivity (Wildman–Crippen MR) is 111 cm³/mol. The highest BCUT2D eigenvalue weighted by molar-refractivity contribution is 5.90. The number of aliphatic imine (C=N–C) groups is 1.